The summed E-state index contributed by atoms with van der Waals surface area (Å²) in [6, 6.07) is 1.61. The molecule has 0 aromatic rings. The van der Waals surface area contributed by atoms with E-state index in [1.165, 1.54) is 0 Å². The van der Waals surface area contributed by atoms with Gasteiger partial charge in [-0.25, -0.2) is 13.1 Å². The molecule has 1 aliphatic carbocycles. The second-order valence-electron chi connectivity index (χ2n) is 4.46. The quantitative estimate of drug-likeness (QED) is 0.733. The molecule has 6 heteroatoms. The third-order valence-corrected chi connectivity index (χ3v) is 4.26. The van der Waals surface area contributed by atoms with Crippen LogP contribution in [0.4, 0.5) is 0 Å². The fourth-order valence-electron chi connectivity index (χ4n) is 2.09. The lowest BCUT2D eigenvalue weighted by atomic mass is 9.75. The van der Waals surface area contributed by atoms with Crippen LogP contribution in [0.5, 0.6) is 0 Å². The Morgan fingerprint density at radius 2 is 1.94 bits per heavy atom. The van der Waals surface area contributed by atoms with E-state index in [0.717, 1.165) is 32.1 Å². The Balaban J connectivity index is 2.55. The van der Waals surface area contributed by atoms with Crippen LogP contribution in [0.15, 0.2) is 0 Å². The van der Waals surface area contributed by atoms with Crippen LogP contribution in [-0.4, -0.2) is 32.4 Å². The highest BCUT2D eigenvalue weighted by molar-refractivity contribution is 7.89. The number of nitrogens with one attached hydrogen (secondary N) is 1. The first-order valence-electron chi connectivity index (χ1n) is 5.49. The highest BCUT2D eigenvalue weighted by Crippen LogP contribution is 2.35. The highest BCUT2D eigenvalue weighted by atomic mass is 32.2. The van der Waals surface area contributed by atoms with Gasteiger partial charge in [-0.1, -0.05) is 19.3 Å². The molecule has 92 valence electrons. The maximum absolute atomic E-state index is 11.3. The van der Waals surface area contributed by atoms with Crippen molar-refractivity contribution in [3.8, 4) is 6.07 Å². The predicted molar refractivity (Wildman–Crippen MR) is 60.0 cm³/mol. The van der Waals surface area contributed by atoms with E-state index in [9.17, 15) is 13.5 Å². The standard InChI is InChI=1S/C10H18N2O3S/c11-6-7-16(14,15)12-8-10(9-13)4-2-1-3-5-10/h12-13H,1-5,7-9H2. The smallest absolute Gasteiger partial charge is 0.225 e. The normalized spacial score (nSPS) is 20.2. The van der Waals surface area contributed by atoms with Gasteiger partial charge in [0.2, 0.25) is 10.0 Å². The third kappa shape index (κ3) is 3.74. The Morgan fingerprint density at radius 1 is 1.31 bits per heavy atom. The molecule has 16 heavy (non-hydrogen) atoms. The first-order chi connectivity index (χ1) is 7.54. The number of aliphatic hydroxyl groups is 1. The monoisotopic (exact) mass is 246 g/mol. The average molecular weight is 246 g/mol. The van der Waals surface area contributed by atoms with Crippen LogP contribution in [0, 0.1) is 16.7 Å². The van der Waals surface area contributed by atoms with Gasteiger partial charge in [0.15, 0.2) is 5.75 Å². The Morgan fingerprint density at radius 3 is 2.44 bits per heavy atom. The maximum Gasteiger partial charge on any atom is 0.225 e. The molecule has 0 bridgehead atoms. The summed E-state index contributed by atoms with van der Waals surface area (Å²) in [7, 11) is -3.50. The Hall–Kier alpha value is -0.640. The van der Waals surface area contributed by atoms with E-state index in [-0.39, 0.29) is 18.6 Å². The minimum absolute atomic E-state index is 0.00206. The third-order valence-electron chi connectivity index (χ3n) is 3.17. The van der Waals surface area contributed by atoms with Crippen molar-refractivity contribution < 1.29 is 13.5 Å². The minimum atomic E-state index is -3.50. The number of nitriles is 1. The molecule has 1 saturated carbocycles. The van der Waals surface area contributed by atoms with E-state index in [1.807, 2.05) is 0 Å². The van der Waals surface area contributed by atoms with Crippen molar-refractivity contribution in [2.24, 2.45) is 5.41 Å². The van der Waals surface area contributed by atoms with E-state index in [4.69, 9.17) is 5.26 Å². The summed E-state index contributed by atoms with van der Waals surface area (Å²) in [6.07, 6.45) is 4.89. The molecular formula is C10H18N2O3S. The van der Waals surface area contributed by atoms with Gasteiger partial charge in [0.1, 0.15) is 0 Å². The van der Waals surface area contributed by atoms with Crippen molar-refractivity contribution in [1.82, 2.24) is 4.72 Å². The van der Waals surface area contributed by atoms with E-state index in [1.54, 1.807) is 6.07 Å². The molecule has 0 aromatic carbocycles. The average Bonchev–Trinajstić information content (AvgIpc) is 2.28. The SMILES string of the molecule is N#CCS(=O)(=O)NCC1(CO)CCCCC1. The molecule has 0 aliphatic heterocycles. The fraction of sp³-hybridized carbons (Fsp3) is 0.900. The van der Waals surface area contributed by atoms with Crippen molar-refractivity contribution in [3.63, 3.8) is 0 Å². The zero-order valence-corrected chi connectivity index (χ0v) is 10.1. The molecule has 0 atom stereocenters. The molecule has 1 fully saturated rings. The number of aliphatic hydroxyl groups excluding tert-OH is 1. The Labute approximate surface area is 96.5 Å². The van der Waals surface area contributed by atoms with Gasteiger partial charge in [-0.3, -0.25) is 0 Å². The van der Waals surface area contributed by atoms with Crippen LogP contribution in [0.3, 0.4) is 0 Å². The summed E-state index contributed by atoms with van der Waals surface area (Å²) in [5.74, 6) is -0.519. The number of rotatable bonds is 5. The van der Waals surface area contributed by atoms with Crippen LogP contribution >= 0.6 is 0 Å². The van der Waals surface area contributed by atoms with Crippen LogP contribution in [0.2, 0.25) is 0 Å². The second-order valence-corrected chi connectivity index (χ2v) is 6.26. The van der Waals surface area contributed by atoms with Crippen molar-refractivity contribution >= 4 is 10.0 Å². The summed E-state index contributed by atoms with van der Waals surface area (Å²) in [6.45, 7) is 0.246. The lowest BCUT2D eigenvalue weighted by Crippen LogP contribution is -2.41. The summed E-state index contributed by atoms with van der Waals surface area (Å²) >= 11 is 0. The molecule has 0 spiro atoms. The minimum Gasteiger partial charge on any atom is -0.396 e. The molecular weight excluding hydrogens is 228 g/mol. The Kier molecular flexibility index (Phi) is 4.71. The van der Waals surface area contributed by atoms with Crippen molar-refractivity contribution in [2.75, 3.05) is 18.9 Å². The van der Waals surface area contributed by atoms with Crippen LogP contribution in [0.25, 0.3) is 0 Å². The molecule has 0 amide bonds. The van der Waals surface area contributed by atoms with E-state index >= 15 is 0 Å². The van der Waals surface area contributed by atoms with Gasteiger partial charge in [0.05, 0.1) is 6.07 Å². The van der Waals surface area contributed by atoms with Crippen LogP contribution in [0.1, 0.15) is 32.1 Å². The number of hydrogen-bond acceptors (Lipinski definition) is 4. The first-order valence-corrected chi connectivity index (χ1v) is 7.14. The topological polar surface area (TPSA) is 90.2 Å². The van der Waals surface area contributed by atoms with Crippen molar-refractivity contribution in [2.45, 2.75) is 32.1 Å². The van der Waals surface area contributed by atoms with Gasteiger partial charge < -0.3 is 5.11 Å². The Bertz CT molecular complexity index is 353. The number of nitrogens with zero attached hydrogens (tertiary/aromatic N) is 1. The molecule has 1 rings (SSSR count). The van der Waals surface area contributed by atoms with Gasteiger partial charge in [-0.15, -0.1) is 0 Å². The van der Waals surface area contributed by atoms with Gasteiger partial charge in [-0.2, -0.15) is 5.26 Å². The number of hydrogen-bond donors (Lipinski definition) is 2. The molecule has 0 unspecified atom stereocenters. The zero-order chi connectivity index (χ0) is 12.1. The molecule has 1 aliphatic rings. The highest BCUT2D eigenvalue weighted by Gasteiger charge is 2.32. The lowest BCUT2D eigenvalue weighted by molar-refractivity contribution is 0.0868. The second kappa shape index (κ2) is 5.62. The molecule has 0 aromatic heterocycles. The van der Waals surface area contributed by atoms with E-state index in [0.29, 0.717) is 0 Å². The lowest BCUT2D eigenvalue weighted by Gasteiger charge is -2.35. The summed E-state index contributed by atoms with van der Waals surface area (Å²) < 4.78 is 25.0. The molecule has 0 saturated heterocycles. The van der Waals surface area contributed by atoms with E-state index in [2.05, 4.69) is 4.72 Å². The van der Waals surface area contributed by atoms with Crippen molar-refractivity contribution in [3.05, 3.63) is 0 Å². The molecule has 0 heterocycles. The maximum atomic E-state index is 11.3. The van der Waals surface area contributed by atoms with Gasteiger partial charge in [-0.05, 0) is 12.8 Å². The van der Waals surface area contributed by atoms with Crippen molar-refractivity contribution in [1.29, 1.82) is 5.26 Å². The zero-order valence-electron chi connectivity index (χ0n) is 9.28. The molecule has 0 radical (unpaired) electrons. The molecule has 2 N–H and O–H groups in total. The van der Waals surface area contributed by atoms with Gasteiger partial charge in [0, 0.05) is 18.6 Å². The number of sulfonamides is 1. The van der Waals surface area contributed by atoms with Crippen LogP contribution in [-0.2, 0) is 10.0 Å². The van der Waals surface area contributed by atoms with Gasteiger partial charge >= 0.3 is 0 Å². The summed E-state index contributed by atoms with van der Waals surface area (Å²) in [4.78, 5) is 0. The van der Waals surface area contributed by atoms with Gasteiger partial charge in [0.25, 0.3) is 0 Å². The van der Waals surface area contributed by atoms with E-state index < -0.39 is 15.8 Å². The fourth-order valence-corrected chi connectivity index (χ4v) is 2.89. The molecule has 5 nitrogen and oxygen atoms in total. The summed E-state index contributed by atoms with van der Waals surface area (Å²) in [5, 5.41) is 17.7. The van der Waals surface area contributed by atoms with Crippen LogP contribution < -0.4 is 4.72 Å². The largest absolute Gasteiger partial charge is 0.396 e. The first kappa shape index (κ1) is 13.4. The summed E-state index contributed by atoms with van der Waals surface area (Å²) in [5.41, 5.74) is -0.319. The predicted octanol–water partition coefficient (Wildman–Crippen LogP) is 0.372.